The van der Waals surface area contributed by atoms with Gasteiger partial charge in [-0.15, -0.1) is 0 Å². The van der Waals surface area contributed by atoms with Crippen LogP contribution in [0.1, 0.15) is 26.7 Å². The number of hydrogen-bond acceptors (Lipinski definition) is 4. The van der Waals surface area contributed by atoms with Crippen LogP contribution < -0.4 is 0 Å². The van der Waals surface area contributed by atoms with Crippen LogP contribution in [0.25, 0.3) is 0 Å². The van der Waals surface area contributed by atoms with Crippen molar-refractivity contribution in [1.82, 2.24) is 0 Å². The summed E-state index contributed by atoms with van der Waals surface area (Å²) in [6, 6.07) is 1.86. The Morgan fingerprint density at radius 3 is 2.62 bits per heavy atom. The van der Waals surface area contributed by atoms with Gasteiger partial charge in [0.15, 0.2) is 0 Å². The number of nitrogens with zero attached hydrogens (tertiary/aromatic N) is 1. The van der Waals surface area contributed by atoms with Crippen LogP contribution in [0.5, 0.6) is 0 Å². The lowest BCUT2D eigenvalue weighted by Crippen LogP contribution is -2.17. The van der Waals surface area contributed by atoms with E-state index in [0.29, 0.717) is 12.8 Å². The smallest absolute Gasteiger partial charge is 0.323 e. The molecule has 0 aromatic carbocycles. The van der Waals surface area contributed by atoms with Crippen LogP contribution in [0, 0.1) is 17.2 Å². The minimum atomic E-state index is -0.741. The second-order valence-corrected chi connectivity index (χ2v) is 2.86. The van der Waals surface area contributed by atoms with Crippen LogP contribution in [0.2, 0.25) is 0 Å². The predicted molar refractivity (Wildman–Crippen MR) is 46.7 cm³/mol. The molecule has 0 aromatic heterocycles. The Morgan fingerprint density at radius 1 is 1.62 bits per heavy atom. The first kappa shape index (κ1) is 11.9. The van der Waals surface area contributed by atoms with E-state index in [9.17, 15) is 4.79 Å². The fourth-order valence-electron chi connectivity index (χ4n) is 0.886. The van der Waals surface area contributed by atoms with E-state index in [-0.39, 0.29) is 6.61 Å². The maximum atomic E-state index is 11.1. The molecule has 13 heavy (non-hydrogen) atoms. The van der Waals surface area contributed by atoms with Gasteiger partial charge in [-0.3, -0.25) is 4.79 Å². The molecule has 74 valence electrons. The summed E-state index contributed by atoms with van der Waals surface area (Å²) in [7, 11) is 0. The standard InChI is InChI=1S/C9H15NO3/c1-3-13-9(12)8(6-10)5-4-7(2)11/h7-8,11H,3-5H2,1-2H3. The molecular formula is C9H15NO3. The molecule has 0 amide bonds. The van der Waals surface area contributed by atoms with Crippen molar-refractivity contribution in [3.63, 3.8) is 0 Å². The zero-order chi connectivity index (χ0) is 10.3. The van der Waals surface area contributed by atoms with Crippen LogP contribution >= 0.6 is 0 Å². The van der Waals surface area contributed by atoms with E-state index in [1.54, 1.807) is 13.8 Å². The van der Waals surface area contributed by atoms with Crippen LogP contribution in [-0.4, -0.2) is 23.8 Å². The molecule has 0 bridgehead atoms. The van der Waals surface area contributed by atoms with Crippen molar-refractivity contribution in [1.29, 1.82) is 5.26 Å². The van der Waals surface area contributed by atoms with Crippen LogP contribution in [0.4, 0.5) is 0 Å². The maximum Gasteiger partial charge on any atom is 0.323 e. The Morgan fingerprint density at radius 2 is 2.23 bits per heavy atom. The Bertz CT molecular complexity index is 196. The number of aliphatic hydroxyl groups is 1. The Kier molecular flexibility index (Phi) is 5.90. The number of nitriles is 1. The highest BCUT2D eigenvalue weighted by molar-refractivity contribution is 5.75. The number of esters is 1. The summed E-state index contributed by atoms with van der Waals surface area (Å²) >= 11 is 0. The van der Waals surface area contributed by atoms with E-state index in [1.165, 1.54) is 0 Å². The lowest BCUT2D eigenvalue weighted by atomic mass is 10.0. The predicted octanol–water partition coefficient (Wildman–Crippen LogP) is 0.850. The molecule has 0 aliphatic rings. The molecule has 0 rings (SSSR count). The molecule has 0 heterocycles. The fourth-order valence-corrected chi connectivity index (χ4v) is 0.886. The molecule has 0 fully saturated rings. The fraction of sp³-hybridized carbons (Fsp3) is 0.778. The SMILES string of the molecule is CCOC(=O)C(C#N)CCC(C)O. The van der Waals surface area contributed by atoms with Gasteiger partial charge in [0.2, 0.25) is 0 Å². The minimum Gasteiger partial charge on any atom is -0.465 e. The van der Waals surface area contributed by atoms with E-state index in [4.69, 9.17) is 10.4 Å². The molecule has 2 unspecified atom stereocenters. The van der Waals surface area contributed by atoms with E-state index < -0.39 is 18.0 Å². The number of rotatable bonds is 5. The molecular weight excluding hydrogens is 170 g/mol. The maximum absolute atomic E-state index is 11.1. The number of carbonyl (C=O) groups is 1. The summed E-state index contributed by atoms with van der Waals surface area (Å²) in [5, 5.41) is 17.6. The Labute approximate surface area is 78.1 Å². The lowest BCUT2D eigenvalue weighted by molar-refractivity contribution is -0.146. The lowest BCUT2D eigenvalue weighted by Gasteiger charge is -2.08. The largest absolute Gasteiger partial charge is 0.465 e. The highest BCUT2D eigenvalue weighted by Crippen LogP contribution is 2.09. The van der Waals surface area contributed by atoms with Gasteiger partial charge in [-0.1, -0.05) is 0 Å². The highest BCUT2D eigenvalue weighted by Gasteiger charge is 2.19. The zero-order valence-electron chi connectivity index (χ0n) is 7.99. The van der Waals surface area contributed by atoms with Gasteiger partial charge >= 0.3 is 5.97 Å². The van der Waals surface area contributed by atoms with E-state index in [2.05, 4.69) is 4.74 Å². The van der Waals surface area contributed by atoms with Crippen LogP contribution in [0.15, 0.2) is 0 Å². The first-order valence-corrected chi connectivity index (χ1v) is 4.36. The number of hydrogen-bond donors (Lipinski definition) is 1. The quantitative estimate of drug-likeness (QED) is 0.644. The van der Waals surface area contributed by atoms with Gasteiger partial charge < -0.3 is 9.84 Å². The first-order chi connectivity index (χ1) is 6.11. The number of ether oxygens (including phenoxy) is 1. The molecule has 2 atom stereocenters. The summed E-state index contributed by atoms with van der Waals surface area (Å²) < 4.78 is 4.68. The second-order valence-electron chi connectivity index (χ2n) is 2.86. The number of carbonyl (C=O) groups excluding carboxylic acids is 1. The molecule has 4 nitrogen and oxygen atoms in total. The van der Waals surface area contributed by atoms with Crippen LogP contribution in [0.3, 0.4) is 0 Å². The summed E-state index contributed by atoms with van der Waals surface area (Å²) in [5.74, 6) is -1.24. The van der Waals surface area contributed by atoms with Crippen molar-refractivity contribution in [2.75, 3.05) is 6.61 Å². The average Bonchev–Trinajstić information content (AvgIpc) is 2.05. The third-order valence-electron chi connectivity index (χ3n) is 1.60. The van der Waals surface area contributed by atoms with Crippen LogP contribution in [-0.2, 0) is 9.53 Å². The van der Waals surface area contributed by atoms with E-state index in [0.717, 1.165) is 0 Å². The number of aliphatic hydroxyl groups excluding tert-OH is 1. The van der Waals surface area contributed by atoms with Crippen molar-refractivity contribution < 1.29 is 14.6 Å². The molecule has 0 saturated carbocycles. The highest BCUT2D eigenvalue weighted by atomic mass is 16.5. The van der Waals surface area contributed by atoms with Crippen molar-refractivity contribution in [3.05, 3.63) is 0 Å². The van der Waals surface area contributed by atoms with Crippen molar-refractivity contribution >= 4 is 5.97 Å². The monoisotopic (exact) mass is 185 g/mol. The molecule has 0 aromatic rings. The zero-order valence-corrected chi connectivity index (χ0v) is 7.99. The van der Waals surface area contributed by atoms with Crippen molar-refractivity contribution in [2.45, 2.75) is 32.8 Å². The van der Waals surface area contributed by atoms with Gasteiger partial charge in [0, 0.05) is 0 Å². The normalized spacial score (nSPS) is 14.3. The van der Waals surface area contributed by atoms with E-state index in [1.807, 2.05) is 6.07 Å². The van der Waals surface area contributed by atoms with Gasteiger partial charge in [-0.2, -0.15) is 5.26 Å². The Hall–Kier alpha value is -1.08. The molecule has 0 spiro atoms. The topological polar surface area (TPSA) is 70.3 Å². The minimum absolute atomic E-state index is 0.283. The van der Waals surface area contributed by atoms with Gasteiger partial charge in [-0.25, -0.2) is 0 Å². The van der Waals surface area contributed by atoms with Gasteiger partial charge in [-0.05, 0) is 26.7 Å². The second kappa shape index (κ2) is 6.44. The van der Waals surface area contributed by atoms with Gasteiger partial charge in [0.05, 0.1) is 18.8 Å². The molecule has 0 aliphatic heterocycles. The first-order valence-electron chi connectivity index (χ1n) is 4.36. The third kappa shape index (κ3) is 5.21. The molecule has 0 radical (unpaired) electrons. The third-order valence-corrected chi connectivity index (χ3v) is 1.60. The summed E-state index contributed by atoms with van der Waals surface area (Å²) in [5.41, 5.74) is 0. The summed E-state index contributed by atoms with van der Waals surface area (Å²) in [6.07, 6.45) is 0.314. The molecule has 0 saturated heterocycles. The molecule has 4 heteroatoms. The van der Waals surface area contributed by atoms with Gasteiger partial charge in [0.25, 0.3) is 0 Å². The molecule has 0 aliphatic carbocycles. The Balaban J connectivity index is 3.90. The van der Waals surface area contributed by atoms with E-state index >= 15 is 0 Å². The summed E-state index contributed by atoms with van der Waals surface area (Å²) in [4.78, 5) is 11.1. The summed E-state index contributed by atoms with van der Waals surface area (Å²) in [6.45, 7) is 3.60. The average molecular weight is 185 g/mol. The van der Waals surface area contributed by atoms with Crippen molar-refractivity contribution in [3.8, 4) is 6.07 Å². The van der Waals surface area contributed by atoms with Crippen molar-refractivity contribution in [2.24, 2.45) is 5.92 Å². The van der Waals surface area contributed by atoms with Gasteiger partial charge in [0.1, 0.15) is 5.92 Å². The molecule has 1 N–H and O–H groups in total.